The van der Waals surface area contributed by atoms with Crippen molar-refractivity contribution in [1.29, 1.82) is 0 Å². The number of nitro benzene ring substituents is 1. The van der Waals surface area contributed by atoms with E-state index in [1.165, 1.54) is 18.2 Å². The number of rotatable bonds is 7. The topological polar surface area (TPSA) is 112 Å². The van der Waals surface area contributed by atoms with Gasteiger partial charge in [0, 0.05) is 34.8 Å². The molecule has 1 aliphatic heterocycles. The quantitative estimate of drug-likeness (QED) is 0.223. The van der Waals surface area contributed by atoms with E-state index in [0.29, 0.717) is 17.1 Å². The van der Waals surface area contributed by atoms with Crippen molar-refractivity contribution in [2.75, 3.05) is 6.54 Å². The molecule has 0 saturated carbocycles. The molecule has 11 heteroatoms. The largest absolute Gasteiger partial charge is 0.435 e. The summed E-state index contributed by atoms with van der Waals surface area (Å²) in [5, 5.41) is 11.0. The highest BCUT2D eigenvalue weighted by molar-refractivity contribution is 6.23. The lowest BCUT2D eigenvalue weighted by atomic mass is 10.1. The Labute approximate surface area is 191 Å². The predicted molar refractivity (Wildman–Crippen MR) is 115 cm³/mol. The number of nitro groups is 1. The number of ether oxygens (including phenoxy) is 1. The van der Waals surface area contributed by atoms with Crippen LogP contribution in [0.25, 0.3) is 5.69 Å². The van der Waals surface area contributed by atoms with Gasteiger partial charge in [0.25, 0.3) is 17.5 Å². The molecule has 3 aromatic rings. The Kier molecular flexibility index (Phi) is 5.70. The van der Waals surface area contributed by atoms with Crippen LogP contribution in [0.1, 0.15) is 42.5 Å². The molecular formula is C23H17F2N3O6. The van der Waals surface area contributed by atoms with Crippen LogP contribution in [0.3, 0.4) is 0 Å². The van der Waals surface area contributed by atoms with E-state index in [1.54, 1.807) is 36.6 Å². The molecule has 2 amide bonds. The fourth-order valence-corrected chi connectivity index (χ4v) is 3.98. The Morgan fingerprint density at radius 1 is 1.03 bits per heavy atom. The summed E-state index contributed by atoms with van der Waals surface area (Å²) in [6.07, 6.45) is 0. The van der Waals surface area contributed by atoms with E-state index in [2.05, 4.69) is 4.74 Å². The van der Waals surface area contributed by atoms with Crippen LogP contribution in [0.2, 0.25) is 0 Å². The summed E-state index contributed by atoms with van der Waals surface area (Å²) >= 11 is 0. The van der Waals surface area contributed by atoms with Crippen molar-refractivity contribution < 1.29 is 32.8 Å². The van der Waals surface area contributed by atoms with Gasteiger partial charge >= 0.3 is 6.61 Å². The average molecular weight is 469 g/mol. The van der Waals surface area contributed by atoms with Crippen LogP contribution in [-0.2, 0) is 0 Å². The summed E-state index contributed by atoms with van der Waals surface area (Å²) in [6, 6.07) is 10.8. The van der Waals surface area contributed by atoms with Crippen molar-refractivity contribution >= 4 is 23.3 Å². The Hall–Kier alpha value is -4.41. The first kappa shape index (κ1) is 22.8. The van der Waals surface area contributed by atoms with Gasteiger partial charge in [-0.3, -0.25) is 29.4 Å². The Balaban J connectivity index is 1.58. The second kappa shape index (κ2) is 8.50. The molecule has 9 nitrogen and oxygen atoms in total. The molecule has 0 aliphatic carbocycles. The zero-order valence-electron chi connectivity index (χ0n) is 18.0. The van der Waals surface area contributed by atoms with Crippen LogP contribution >= 0.6 is 0 Å². The first-order valence-corrected chi connectivity index (χ1v) is 10.0. The lowest BCUT2D eigenvalue weighted by Gasteiger charge is -2.13. The molecule has 2 heterocycles. The maximum absolute atomic E-state index is 13.0. The lowest BCUT2D eigenvalue weighted by molar-refractivity contribution is -0.384. The van der Waals surface area contributed by atoms with E-state index in [4.69, 9.17) is 0 Å². The third-order valence-electron chi connectivity index (χ3n) is 5.52. The van der Waals surface area contributed by atoms with E-state index in [-0.39, 0.29) is 28.1 Å². The lowest BCUT2D eigenvalue weighted by Crippen LogP contribution is -2.35. The molecule has 34 heavy (non-hydrogen) atoms. The van der Waals surface area contributed by atoms with Crippen LogP contribution < -0.4 is 4.74 Å². The number of non-ortho nitro benzene ring substituents is 1. The van der Waals surface area contributed by atoms with Gasteiger partial charge in [0.05, 0.1) is 22.6 Å². The molecular weight excluding hydrogens is 452 g/mol. The highest BCUT2D eigenvalue weighted by atomic mass is 19.3. The summed E-state index contributed by atoms with van der Waals surface area (Å²) in [7, 11) is 0. The summed E-state index contributed by atoms with van der Waals surface area (Å²) < 4.78 is 30.8. The highest BCUT2D eigenvalue weighted by Crippen LogP contribution is 2.28. The number of fused-ring (bicyclic) bond motifs is 1. The monoisotopic (exact) mass is 469 g/mol. The van der Waals surface area contributed by atoms with Crippen LogP contribution in [0, 0.1) is 24.0 Å². The smallest absolute Gasteiger partial charge is 0.387 e. The van der Waals surface area contributed by atoms with E-state index in [1.807, 2.05) is 0 Å². The maximum atomic E-state index is 13.0. The molecule has 0 radical (unpaired) electrons. The Bertz CT molecular complexity index is 1350. The minimum absolute atomic E-state index is 0.0000195. The fourth-order valence-electron chi connectivity index (χ4n) is 3.98. The predicted octanol–water partition coefficient (Wildman–Crippen LogP) is 4.08. The van der Waals surface area contributed by atoms with Gasteiger partial charge in [0.2, 0.25) is 0 Å². The summed E-state index contributed by atoms with van der Waals surface area (Å²) in [5.74, 6) is -1.99. The van der Waals surface area contributed by atoms with Crippen LogP contribution in [0.15, 0.2) is 48.5 Å². The standard InChI is InChI=1S/C23H17F2N3O6/c1-12-9-18(13(2)27(12)14-3-6-16(7-4-14)34-23(24)25)20(29)11-26-21(30)17-8-5-15(28(32)33)10-19(17)22(26)31/h3-10,23H,11H2,1-2H3. The zero-order valence-corrected chi connectivity index (χ0v) is 18.0. The van der Waals surface area contributed by atoms with E-state index >= 15 is 0 Å². The van der Waals surface area contributed by atoms with Crippen molar-refractivity contribution in [2.45, 2.75) is 20.5 Å². The van der Waals surface area contributed by atoms with E-state index < -0.39 is 35.7 Å². The number of hydrogen-bond donors (Lipinski definition) is 0. The number of halogens is 2. The molecule has 0 atom stereocenters. The van der Waals surface area contributed by atoms with Gasteiger partial charge < -0.3 is 9.30 Å². The van der Waals surface area contributed by atoms with Crippen molar-refractivity contribution in [2.24, 2.45) is 0 Å². The summed E-state index contributed by atoms with van der Waals surface area (Å²) in [4.78, 5) is 49.5. The SMILES string of the molecule is Cc1cc(C(=O)CN2C(=O)c3ccc([N+](=O)[O-])cc3C2=O)c(C)n1-c1ccc(OC(F)F)cc1. The molecule has 174 valence electrons. The second-order valence-electron chi connectivity index (χ2n) is 7.60. The third-order valence-corrected chi connectivity index (χ3v) is 5.52. The molecule has 0 fully saturated rings. The van der Waals surface area contributed by atoms with Crippen molar-refractivity contribution in [3.05, 3.63) is 86.7 Å². The Morgan fingerprint density at radius 2 is 1.68 bits per heavy atom. The third kappa shape index (κ3) is 3.91. The van der Waals surface area contributed by atoms with Crippen LogP contribution in [-0.4, -0.2) is 45.1 Å². The molecule has 4 rings (SSSR count). The van der Waals surface area contributed by atoms with Gasteiger partial charge in [-0.25, -0.2) is 0 Å². The molecule has 2 aromatic carbocycles. The molecule has 0 saturated heterocycles. The first-order valence-electron chi connectivity index (χ1n) is 10.0. The van der Waals surface area contributed by atoms with Crippen molar-refractivity contribution in [3.63, 3.8) is 0 Å². The van der Waals surface area contributed by atoms with Gasteiger partial charge in [-0.15, -0.1) is 0 Å². The van der Waals surface area contributed by atoms with Gasteiger partial charge in [0.1, 0.15) is 5.75 Å². The molecule has 0 unspecified atom stereocenters. The summed E-state index contributed by atoms with van der Waals surface area (Å²) in [5.41, 5.74) is 1.61. The minimum atomic E-state index is -2.95. The number of carbonyl (C=O) groups is 3. The highest BCUT2D eigenvalue weighted by Gasteiger charge is 2.38. The van der Waals surface area contributed by atoms with Gasteiger partial charge in [-0.05, 0) is 50.2 Å². The van der Waals surface area contributed by atoms with E-state index in [9.17, 15) is 33.3 Å². The molecule has 1 aliphatic rings. The van der Waals surface area contributed by atoms with Crippen molar-refractivity contribution in [1.82, 2.24) is 9.47 Å². The van der Waals surface area contributed by atoms with E-state index in [0.717, 1.165) is 17.0 Å². The molecule has 0 N–H and O–H groups in total. The number of carbonyl (C=O) groups excluding carboxylic acids is 3. The number of Topliss-reactive ketones (excluding diaryl/α,β-unsaturated/α-hetero) is 1. The Morgan fingerprint density at radius 3 is 2.29 bits per heavy atom. The number of imide groups is 1. The van der Waals surface area contributed by atoms with Gasteiger partial charge in [-0.1, -0.05) is 0 Å². The fraction of sp³-hybridized carbons (Fsp3) is 0.174. The van der Waals surface area contributed by atoms with Crippen LogP contribution in [0.4, 0.5) is 14.5 Å². The van der Waals surface area contributed by atoms with Crippen molar-refractivity contribution in [3.8, 4) is 11.4 Å². The maximum Gasteiger partial charge on any atom is 0.387 e. The number of aromatic nitrogens is 1. The molecule has 0 spiro atoms. The zero-order chi connectivity index (χ0) is 24.7. The number of nitrogens with zero attached hydrogens (tertiary/aromatic N) is 3. The number of hydrogen-bond acceptors (Lipinski definition) is 6. The number of amides is 2. The molecule has 1 aromatic heterocycles. The minimum Gasteiger partial charge on any atom is -0.435 e. The number of benzene rings is 2. The average Bonchev–Trinajstić information content (AvgIpc) is 3.21. The second-order valence-corrected chi connectivity index (χ2v) is 7.60. The molecule has 0 bridgehead atoms. The van der Waals surface area contributed by atoms with Gasteiger partial charge in [0.15, 0.2) is 5.78 Å². The van der Waals surface area contributed by atoms with Crippen LogP contribution in [0.5, 0.6) is 5.75 Å². The van der Waals surface area contributed by atoms with Gasteiger partial charge in [-0.2, -0.15) is 8.78 Å². The first-order chi connectivity index (χ1) is 16.1. The number of ketones is 1. The number of aryl methyl sites for hydroxylation is 1. The number of alkyl halides is 2. The summed E-state index contributed by atoms with van der Waals surface area (Å²) in [6.45, 7) is -0.0614. The normalized spacial score (nSPS) is 12.9.